The average molecular weight is 665 g/mol. The summed E-state index contributed by atoms with van der Waals surface area (Å²) in [6.45, 7) is 6.01. The Hall–Kier alpha value is -4.48. The molecule has 0 bridgehead atoms. The van der Waals surface area contributed by atoms with E-state index in [4.69, 9.17) is 25.5 Å². The third-order valence-corrected chi connectivity index (χ3v) is 7.76. The Morgan fingerprint density at radius 1 is 1.07 bits per heavy atom. The van der Waals surface area contributed by atoms with Crippen LogP contribution in [0.1, 0.15) is 32.1 Å². The number of halogens is 2. The van der Waals surface area contributed by atoms with Gasteiger partial charge in [0.2, 0.25) is 0 Å². The van der Waals surface area contributed by atoms with Crippen molar-refractivity contribution in [3.8, 4) is 17.1 Å². The van der Waals surface area contributed by atoms with Crippen molar-refractivity contribution >= 4 is 50.9 Å². The fourth-order valence-electron chi connectivity index (χ4n) is 4.54. The van der Waals surface area contributed by atoms with Crippen molar-refractivity contribution in [3.63, 3.8) is 0 Å². The molecular weight excluding hydrogens is 631 g/mol. The molecule has 46 heavy (non-hydrogen) atoms. The second-order valence-corrected chi connectivity index (χ2v) is 13.6. The summed E-state index contributed by atoms with van der Waals surface area (Å²) in [5, 5.41) is 4.44. The Morgan fingerprint density at radius 3 is 2.63 bits per heavy atom. The van der Waals surface area contributed by atoms with Crippen LogP contribution in [0.25, 0.3) is 22.2 Å². The fraction of sp³-hybridized carbons (Fsp3) is 0.265. The highest BCUT2D eigenvalue weighted by molar-refractivity contribution is 7.84. The molecule has 0 fully saturated rings. The molecule has 5 rings (SSSR count). The molecule has 0 radical (unpaired) electrons. The molecule has 1 N–H and O–H groups in total. The Labute approximate surface area is 274 Å². The molecule has 3 aromatic carbocycles. The van der Waals surface area contributed by atoms with Gasteiger partial charge >= 0.3 is 6.09 Å². The van der Waals surface area contributed by atoms with E-state index in [9.17, 15) is 13.4 Å². The fourth-order valence-corrected chi connectivity index (χ4v) is 5.25. The van der Waals surface area contributed by atoms with E-state index in [-0.39, 0.29) is 25.5 Å². The van der Waals surface area contributed by atoms with Gasteiger partial charge in [0, 0.05) is 46.0 Å². The van der Waals surface area contributed by atoms with Gasteiger partial charge in [0.1, 0.15) is 47.4 Å². The second-order valence-electron chi connectivity index (χ2n) is 11.6. The van der Waals surface area contributed by atoms with Gasteiger partial charge < -0.3 is 19.2 Å². The van der Waals surface area contributed by atoms with Crippen molar-refractivity contribution in [1.82, 2.24) is 14.9 Å². The van der Waals surface area contributed by atoms with Crippen LogP contribution in [0, 0.1) is 5.82 Å². The summed E-state index contributed by atoms with van der Waals surface area (Å²) in [5.41, 5.74) is 2.22. The number of aromatic nitrogens is 2. The number of hydrogen-bond acceptors (Lipinski definition) is 8. The van der Waals surface area contributed by atoms with Crippen LogP contribution in [0.4, 0.5) is 20.7 Å². The number of nitrogens with zero attached hydrogens (tertiary/aromatic N) is 3. The van der Waals surface area contributed by atoms with Crippen LogP contribution in [0.2, 0.25) is 5.02 Å². The zero-order chi connectivity index (χ0) is 32.8. The van der Waals surface area contributed by atoms with Crippen LogP contribution < -0.4 is 10.1 Å². The van der Waals surface area contributed by atoms with E-state index in [1.807, 2.05) is 30.3 Å². The molecule has 240 valence electrons. The third kappa shape index (κ3) is 8.82. The maximum absolute atomic E-state index is 13.5. The summed E-state index contributed by atoms with van der Waals surface area (Å²) in [7, 11) is -1.07. The van der Waals surface area contributed by atoms with E-state index >= 15 is 0 Å². The van der Waals surface area contributed by atoms with Crippen molar-refractivity contribution in [1.29, 1.82) is 0 Å². The van der Waals surface area contributed by atoms with E-state index in [0.29, 0.717) is 45.1 Å². The predicted molar refractivity (Wildman–Crippen MR) is 178 cm³/mol. The number of fused-ring (bicyclic) bond motifs is 1. The number of ether oxygens (including phenoxy) is 2. The van der Waals surface area contributed by atoms with Gasteiger partial charge in [-0.25, -0.2) is 19.2 Å². The lowest BCUT2D eigenvalue weighted by molar-refractivity contribution is 0.0235. The third-order valence-electron chi connectivity index (χ3n) is 6.71. The number of hydrogen-bond donors (Lipinski definition) is 1. The van der Waals surface area contributed by atoms with Gasteiger partial charge in [-0.2, -0.15) is 0 Å². The number of benzene rings is 3. The molecule has 0 spiro atoms. The molecule has 2 heterocycles. The van der Waals surface area contributed by atoms with Crippen molar-refractivity contribution in [3.05, 3.63) is 101 Å². The summed E-state index contributed by atoms with van der Waals surface area (Å²) in [6.07, 6.45) is 2.57. The summed E-state index contributed by atoms with van der Waals surface area (Å²) >= 11 is 6.51. The SMILES string of the molecule is CS(=O)CCN(Cc1ccc(-c2ccc3ncnc(Nc4ccc(OCc5cccc(F)c5)c(Cl)c4)c3c2)o1)C(=O)OC(C)(C)C. The molecule has 0 aliphatic rings. The van der Waals surface area contributed by atoms with E-state index in [1.54, 1.807) is 57.4 Å². The maximum atomic E-state index is 13.5. The Kier molecular flexibility index (Phi) is 10.2. The summed E-state index contributed by atoms with van der Waals surface area (Å²) < 4.78 is 42.7. The minimum absolute atomic E-state index is 0.165. The first kappa shape index (κ1) is 32.9. The molecule has 0 saturated carbocycles. The van der Waals surface area contributed by atoms with Crippen LogP contribution in [-0.4, -0.2) is 49.3 Å². The normalized spacial score (nSPS) is 12.1. The van der Waals surface area contributed by atoms with Crippen LogP contribution in [0.15, 0.2) is 83.5 Å². The molecule has 9 nitrogen and oxygen atoms in total. The van der Waals surface area contributed by atoms with Gasteiger partial charge in [0.05, 0.1) is 17.1 Å². The van der Waals surface area contributed by atoms with Crippen molar-refractivity contribution in [2.75, 3.05) is 23.9 Å². The molecule has 2 aromatic heterocycles. The first-order valence-corrected chi connectivity index (χ1v) is 16.6. The lowest BCUT2D eigenvalue weighted by Crippen LogP contribution is -2.38. The Morgan fingerprint density at radius 2 is 1.89 bits per heavy atom. The highest BCUT2D eigenvalue weighted by atomic mass is 35.5. The molecule has 1 amide bonds. The van der Waals surface area contributed by atoms with Gasteiger partial charge in [-0.3, -0.25) is 9.11 Å². The number of anilines is 2. The Bertz CT molecular complexity index is 1880. The minimum atomic E-state index is -1.07. The molecule has 1 unspecified atom stereocenters. The molecule has 0 aliphatic heterocycles. The number of carbonyl (C=O) groups excluding carboxylic acids is 1. The topological polar surface area (TPSA) is 107 Å². The average Bonchev–Trinajstić information content (AvgIpc) is 3.46. The van der Waals surface area contributed by atoms with E-state index in [2.05, 4.69) is 15.3 Å². The minimum Gasteiger partial charge on any atom is -0.487 e. The lowest BCUT2D eigenvalue weighted by Gasteiger charge is -2.26. The van der Waals surface area contributed by atoms with Gasteiger partial charge in [-0.15, -0.1) is 0 Å². The van der Waals surface area contributed by atoms with E-state index < -0.39 is 22.5 Å². The zero-order valence-electron chi connectivity index (χ0n) is 25.9. The van der Waals surface area contributed by atoms with Crippen molar-refractivity contribution in [2.45, 2.75) is 39.5 Å². The van der Waals surface area contributed by atoms with Crippen molar-refractivity contribution < 1.29 is 27.3 Å². The quantitative estimate of drug-likeness (QED) is 0.151. The molecule has 1 atom stereocenters. The number of nitrogens with one attached hydrogen (secondary N) is 1. The largest absolute Gasteiger partial charge is 0.487 e. The highest BCUT2D eigenvalue weighted by Crippen LogP contribution is 2.33. The van der Waals surface area contributed by atoms with Gasteiger partial charge in [-0.05, 0) is 87.0 Å². The maximum Gasteiger partial charge on any atom is 0.410 e. The van der Waals surface area contributed by atoms with Gasteiger partial charge in [0.15, 0.2) is 0 Å². The summed E-state index contributed by atoms with van der Waals surface area (Å²) in [5.74, 6) is 2.17. The predicted octanol–water partition coefficient (Wildman–Crippen LogP) is 8.12. The van der Waals surface area contributed by atoms with Crippen LogP contribution >= 0.6 is 11.6 Å². The number of amides is 1. The van der Waals surface area contributed by atoms with Crippen LogP contribution in [0.3, 0.4) is 0 Å². The van der Waals surface area contributed by atoms with E-state index in [0.717, 1.165) is 16.5 Å². The van der Waals surface area contributed by atoms with Crippen molar-refractivity contribution in [2.24, 2.45) is 0 Å². The van der Waals surface area contributed by atoms with Gasteiger partial charge in [-0.1, -0.05) is 23.7 Å². The highest BCUT2D eigenvalue weighted by Gasteiger charge is 2.23. The lowest BCUT2D eigenvalue weighted by atomic mass is 10.1. The number of furan rings is 1. The first-order valence-electron chi connectivity index (χ1n) is 14.5. The standard InChI is InChI=1S/C34H34ClFN4O5S/c1-34(2,3)45-33(41)40(14-15-46(4)42)19-26-10-13-30(44-26)23-8-11-29-27(17-23)32(38-21-37-29)39-25-9-12-31(28(35)18-25)43-20-22-6-5-7-24(36)16-22/h5-13,16-18,21H,14-15,19-20H2,1-4H3,(H,37,38,39). The molecule has 0 aliphatic carbocycles. The molecular formula is C34H34ClFN4O5S. The Balaban J connectivity index is 1.32. The van der Waals surface area contributed by atoms with Crippen LogP contribution in [0.5, 0.6) is 5.75 Å². The summed E-state index contributed by atoms with van der Waals surface area (Å²) in [4.78, 5) is 23.2. The van der Waals surface area contributed by atoms with E-state index in [1.165, 1.54) is 23.4 Å². The zero-order valence-corrected chi connectivity index (χ0v) is 27.5. The summed E-state index contributed by atoms with van der Waals surface area (Å²) in [6, 6.07) is 20.8. The number of rotatable bonds is 11. The van der Waals surface area contributed by atoms with Gasteiger partial charge in [0.25, 0.3) is 0 Å². The molecule has 0 saturated heterocycles. The number of carbonyl (C=O) groups is 1. The smallest absolute Gasteiger partial charge is 0.410 e. The van der Waals surface area contributed by atoms with Crippen LogP contribution in [-0.2, 0) is 28.7 Å². The monoisotopic (exact) mass is 664 g/mol. The first-order chi connectivity index (χ1) is 21.9. The molecule has 5 aromatic rings. The molecule has 12 heteroatoms. The second kappa shape index (κ2) is 14.3.